The first-order valence-corrected chi connectivity index (χ1v) is 19.2. The number of anilines is 2. The maximum Gasteiger partial charge on any atom is 0.264 e. The van der Waals surface area contributed by atoms with Gasteiger partial charge >= 0.3 is 0 Å². The summed E-state index contributed by atoms with van der Waals surface area (Å²) in [5, 5.41) is 12.8. The van der Waals surface area contributed by atoms with Crippen molar-refractivity contribution in [3.8, 4) is 5.75 Å². The van der Waals surface area contributed by atoms with Crippen molar-refractivity contribution < 1.29 is 33.1 Å². The van der Waals surface area contributed by atoms with Crippen molar-refractivity contribution in [3.63, 3.8) is 0 Å². The van der Waals surface area contributed by atoms with Gasteiger partial charge in [-0.25, -0.2) is 0 Å². The first-order chi connectivity index (χ1) is 22.5. The Bertz CT molecular complexity index is 1670. The topological polar surface area (TPSA) is 108 Å². The molecule has 2 N–H and O–H groups in total. The Morgan fingerprint density at radius 3 is 2.57 bits per heavy atom. The number of halogens is 1. The van der Waals surface area contributed by atoms with Crippen LogP contribution >= 0.6 is 0 Å². The van der Waals surface area contributed by atoms with E-state index in [0.29, 0.717) is 34.8 Å². The Kier molecular flexibility index (Phi) is 8.99. The average molecular weight is 660 g/mol. The van der Waals surface area contributed by atoms with Crippen LogP contribution in [0.5, 0.6) is 5.75 Å². The van der Waals surface area contributed by atoms with E-state index in [4.69, 9.17) is 9.47 Å². The zero-order chi connectivity index (χ0) is 33.5. The van der Waals surface area contributed by atoms with Crippen LogP contribution in [0.3, 0.4) is 0 Å². The van der Waals surface area contributed by atoms with Gasteiger partial charge in [0.1, 0.15) is 5.75 Å². The van der Waals surface area contributed by atoms with Crippen molar-refractivity contribution in [1.82, 2.24) is 4.90 Å². The summed E-state index contributed by atoms with van der Waals surface area (Å²) in [7, 11) is -1.93. The van der Waals surface area contributed by atoms with E-state index in [2.05, 4.69) is 5.32 Å². The molecule has 2 fully saturated rings. The van der Waals surface area contributed by atoms with Gasteiger partial charge in [0.25, 0.3) is 11.8 Å². The molecular weight excluding hydrogens is 617 g/mol. The predicted molar refractivity (Wildman–Crippen MR) is 180 cm³/mol. The number of hydrogen-bond donors (Lipinski definition) is 2. The molecule has 3 aliphatic rings. The van der Waals surface area contributed by atoms with Crippen LogP contribution in [0, 0.1) is 5.92 Å². The second kappa shape index (κ2) is 12.9. The third kappa shape index (κ3) is 5.96. The molecule has 3 aromatic carbocycles. The van der Waals surface area contributed by atoms with Crippen LogP contribution in [-0.4, -0.2) is 68.5 Å². The van der Waals surface area contributed by atoms with Crippen molar-refractivity contribution >= 4 is 37.5 Å². The standard InChI is InChI=1S/C36H42FN3O6Si/c1-23-33(47(3,4)37)31(20-32(42)39-17-9-14-27(39)22-41)46-36(23)29-19-28(45-2)15-16-30(29)40(35(36)44)21-24-10-8-13-26(18-24)38-34(43)25-11-6-5-7-12-25/h5-8,10-13,15-16,18-19,23,27,31,33,41H,9,14,17,20-22H2,1-4H3,(H,38,43)/t23-,27+,31+,33-,36+/m1/s1. The minimum Gasteiger partial charge on any atom is -0.497 e. The summed E-state index contributed by atoms with van der Waals surface area (Å²) in [5.74, 6) is -0.788. The van der Waals surface area contributed by atoms with Crippen molar-refractivity contribution in [2.45, 2.75) is 69.1 Å². The molecule has 0 unspecified atom stereocenters. The molecule has 47 heavy (non-hydrogen) atoms. The highest BCUT2D eigenvalue weighted by molar-refractivity contribution is 6.72. The summed E-state index contributed by atoms with van der Waals surface area (Å²) in [6.07, 6.45) is 0.638. The van der Waals surface area contributed by atoms with Gasteiger partial charge in [0.15, 0.2) is 5.60 Å². The van der Waals surface area contributed by atoms with Crippen molar-refractivity contribution in [1.29, 1.82) is 0 Å². The molecule has 6 rings (SSSR count). The fourth-order valence-electron chi connectivity index (χ4n) is 7.88. The zero-order valence-corrected chi connectivity index (χ0v) is 28.2. The molecule has 0 saturated carbocycles. The number of nitrogens with zero attached hydrogens (tertiary/aromatic N) is 2. The van der Waals surface area contributed by atoms with E-state index >= 15 is 4.11 Å². The quantitative estimate of drug-likeness (QED) is 0.227. The summed E-state index contributed by atoms with van der Waals surface area (Å²) >= 11 is 0. The number of rotatable bonds is 9. The van der Waals surface area contributed by atoms with E-state index in [-0.39, 0.29) is 43.3 Å². The van der Waals surface area contributed by atoms with Gasteiger partial charge in [-0.3, -0.25) is 14.4 Å². The van der Waals surface area contributed by atoms with Gasteiger partial charge in [-0.2, -0.15) is 0 Å². The average Bonchev–Trinajstić information content (AvgIpc) is 3.72. The SMILES string of the molecule is COc1ccc2c(c1)[C@]1(O[C@@H](CC(=O)N3CCC[C@H]3CO)[C@H]([Si](C)(C)F)[C@H]1C)C(=O)N2Cc1cccc(NC(=O)c2ccccc2)c1. The second-order valence-corrected chi connectivity index (χ2v) is 17.1. The lowest BCUT2D eigenvalue weighted by Gasteiger charge is -2.31. The van der Waals surface area contributed by atoms with Crippen molar-refractivity contribution in [2.75, 3.05) is 30.5 Å². The van der Waals surface area contributed by atoms with E-state index < -0.39 is 31.6 Å². The number of carbonyl (C=O) groups is 3. The number of fused-ring (bicyclic) bond motifs is 2. The van der Waals surface area contributed by atoms with Crippen LogP contribution in [0.15, 0.2) is 72.8 Å². The van der Waals surface area contributed by atoms with Crippen molar-refractivity contribution in [3.05, 3.63) is 89.5 Å². The molecule has 3 amide bonds. The molecule has 9 nitrogen and oxygen atoms in total. The first kappa shape index (κ1) is 32.9. The van der Waals surface area contributed by atoms with E-state index in [1.807, 2.05) is 37.3 Å². The fourth-order valence-corrected chi connectivity index (χ4v) is 10.4. The number of aliphatic hydroxyl groups is 1. The van der Waals surface area contributed by atoms with Crippen LogP contribution in [0.4, 0.5) is 15.5 Å². The highest BCUT2D eigenvalue weighted by atomic mass is 28.4. The lowest BCUT2D eigenvalue weighted by Crippen LogP contribution is -2.45. The van der Waals surface area contributed by atoms with E-state index in [0.717, 1.165) is 18.4 Å². The molecular formula is C36H42FN3O6Si. The van der Waals surface area contributed by atoms with Gasteiger partial charge in [0.2, 0.25) is 14.3 Å². The van der Waals surface area contributed by atoms with E-state index in [1.54, 1.807) is 72.5 Å². The number of benzene rings is 3. The minimum absolute atomic E-state index is 0.0661. The highest BCUT2D eigenvalue weighted by Crippen LogP contribution is 2.60. The molecule has 2 saturated heterocycles. The summed E-state index contributed by atoms with van der Waals surface area (Å²) in [5.41, 5.74) is 0.965. The number of methoxy groups -OCH3 is 1. The minimum atomic E-state index is -3.48. The van der Waals surface area contributed by atoms with Gasteiger partial charge in [-0.05, 0) is 74.0 Å². The Balaban J connectivity index is 1.33. The molecule has 11 heteroatoms. The third-order valence-corrected chi connectivity index (χ3v) is 12.5. The Morgan fingerprint density at radius 1 is 1.11 bits per heavy atom. The molecule has 3 aliphatic heterocycles. The normalized spacial score (nSPS) is 25.4. The Hall–Kier alpha value is -4.06. The van der Waals surface area contributed by atoms with Gasteiger partial charge in [-0.15, -0.1) is 0 Å². The maximum atomic E-state index is 16.3. The molecule has 248 valence electrons. The molecule has 0 bridgehead atoms. The fraction of sp³-hybridized carbons (Fsp3) is 0.417. The largest absolute Gasteiger partial charge is 0.497 e. The summed E-state index contributed by atoms with van der Waals surface area (Å²) in [6, 6.07) is 21.4. The molecule has 1 spiro atoms. The van der Waals surface area contributed by atoms with Crippen molar-refractivity contribution in [2.24, 2.45) is 5.92 Å². The van der Waals surface area contributed by atoms with Crippen LogP contribution in [0.2, 0.25) is 18.6 Å². The predicted octanol–water partition coefficient (Wildman–Crippen LogP) is 5.64. The Morgan fingerprint density at radius 2 is 1.87 bits per heavy atom. The number of ether oxygens (including phenoxy) is 2. The van der Waals surface area contributed by atoms with E-state index in [9.17, 15) is 19.5 Å². The summed E-state index contributed by atoms with van der Waals surface area (Å²) in [4.78, 5) is 44.5. The number of aliphatic hydroxyl groups excluding tert-OH is 1. The van der Waals surface area contributed by atoms with Gasteiger partial charge in [0, 0.05) is 34.8 Å². The number of likely N-dealkylation sites (tertiary alicyclic amines) is 1. The first-order valence-electron chi connectivity index (χ1n) is 16.2. The summed E-state index contributed by atoms with van der Waals surface area (Å²) in [6.45, 7) is 5.68. The number of nitrogens with one attached hydrogen (secondary N) is 1. The Labute approximate surface area is 275 Å². The van der Waals surface area contributed by atoms with Crippen LogP contribution in [0.25, 0.3) is 0 Å². The number of amides is 3. The van der Waals surface area contributed by atoms with Gasteiger partial charge < -0.3 is 33.8 Å². The number of hydrogen-bond acceptors (Lipinski definition) is 6. The lowest BCUT2D eigenvalue weighted by atomic mass is 9.82. The molecule has 3 aromatic rings. The lowest BCUT2D eigenvalue weighted by molar-refractivity contribution is -0.150. The molecule has 0 radical (unpaired) electrons. The van der Waals surface area contributed by atoms with Gasteiger partial charge in [0.05, 0.1) is 44.5 Å². The van der Waals surface area contributed by atoms with Crippen LogP contribution in [-0.2, 0) is 26.5 Å². The van der Waals surface area contributed by atoms with Crippen LogP contribution in [0.1, 0.15) is 47.7 Å². The van der Waals surface area contributed by atoms with Gasteiger partial charge in [-0.1, -0.05) is 37.3 Å². The number of carbonyl (C=O) groups excluding carboxylic acids is 3. The molecule has 3 heterocycles. The summed E-state index contributed by atoms with van der Waals surface area (Å²) < 4.78 is 28.6. The monoisotopic (exact) mass is 659 g/mol. The molecule has 5 atom stereocenters. The molecule has 0 aromatic heterocycles. The van der Waals surface area contributed by atoms with Crippen LogP contribution < -0.4 is 15.0 Å². The maximum absolute atomic E-state index is 16.3. The third-order valence-electron chi connectivity index (χ3n) is 10.0. The second-order valence-electron chi connectivity index (χ2n) is 13.3. The molecule has 0 aliphatic carbocycles. The zero-order valence-electron chi connectivity index (χ0n) is 27.2. The smallest absolute Gasteiger partial charge is 0.264 e. The highest BCUT2D eigenvalue weighted by Gasteiger charge is 2.67. The van der Waals surface area contributed by atoms with E-state index in [1.165, 1.54) is 0 Å².